The molecule has 0 unspecified atom stereocenters. The van der Waals surface area contributed by atoms with Crippen molar-refractivity contribution in [1.29, 1.82) is 0 Å². The monoisotopic (exact) mass is 407 g/mol. The van der Waals surface area contributed by atoms with Gasteiger partial charge in [-0.3, -0.25) is 4.98 Å². The molecule has 5 aromatic rings. The molecule has 3 aromatic heterocycles. The minimum absolute atomic E-state index is 0.500. The Balaban J connectivity index is 1.58. The van der Waals surface area contributed by atoms with Crippen molar-refractivity contribution in [3.05, 3.63) is 96.3 Å². The van der Waals surface area contributed by atoms with E-state index in [9.17, 15) is 0 Å². The standard InChI is InChI=1S/C24H21N7/c25-22-20-21(19-11-5-2-6-12-19)28-24(27-15-18-10-7-13-26-14-18)29-23(20)30-31(22)16-17-8-3-1-4-9-17/h1-14H,15-16,25H2,(H,27,29,30). The summed E-state index contributed by atoms with van der Waals surface area (Å²) in [5, 5.41) is 8.75. The SMILES string of the molecule is Nc1c2c(-c3ccccc3)nc(NCc3cccnc3)nc2nn1Cc1ccccc1. The fraction of sp³-hybridized carbons (Fsp3) is 0.0833. The Morgan fingerprint density at radius 2 is 1.58 bits per heavy atom. The Hall–Kier alpha value is -4.26. The maximum absolute atomic E-state index is 6.53. The zero-order chi connectivity index (χ0) is 21.0. The van der Waals surface area contributed by atoms with Crippen molar-refractivity contribution in [2.24, 2.45) is 0 Å². The van der Waals surface area contributed by atoms with Gasteiger partial charge >= 0.3 is 0 Å². The summed E-state index contributed by atoms with van der Waals surface area (Å²) in [6, 6.07) is 24.0. The van der Waals surface area contributed by atoms with E-state index in [4.69, 9.17) is 15.8 Å². The van der Waals surface area contributed by atoms with Crippen molar-refractivity contribution in [3.63, 3.8) is 0 Å². The molecule has 0 amide bonds. The quantitative estimate of drug-likeness (QED) is 0.439. The van der Waals surface area contributed by atoms with Crippen molar-refractivity contribution < 1.29 is 0 Å². The topological polar surface area (TPSA) is 94.5 Å². The van der Waals surface area contributed by atoms with Gasteiger partial charge in [0, 0.05) is 24.5 Å². The molecule has 31 heavy (non-hydrogen) atoms. The molecule has 0 aliphatic rings. The van der Waals surface area contributed by atoms with Crippen LogP contribution in [0.25, 0.3) is 22.3 Å². The van der Waals surface area contributed by atoms with Gasteiger partial charge in [0.05, 0.1) is 17.6 Å². The van der Waals surface area contributed by atoms with E-state index in [0.29, 0.717) is 30.5 Å². The van der Waals surface area contributed by atoms with Gasteiger partial charge in [-0.2, -0.15) is 4.98 Å². The van der Waals surface area contributed by atoms with Gasteiger partial charge in [-0.05, 0) is 17.2 Å². The first-order valence-electron chi connectivity index (χ1n) is 10.0. The molecule has 5 rings (SSSR count). The molecular formula is C24H21N7. The number of fused-ring (bicyclic) bond motifs is 1. The van der Waals surface area contributed by atoms with Crippen LogP contribution in [-0.4, -0.2) is 24.7 Å². The third kappa shape index (κ3) is 3.93. The van der Waals surface area contributed by atoms with E-state index < -0.39 is 0 Å². The van der Waals surface area contributed by atoms with Gasteiger partial charge in [-0.25, -0.2) is 9.67 Å². The number of rotatable bonds is 6. The number of nitrogens with zero attached hydrogens (tertiary/aromatic N) is 5. The van der Waals surface area contributed by atoms with Crippen molar-refractivity contribution in [2.45, 2.75) is 13.1 Å². The molecule has 0 fully saturated rings. The molecule has 7 nitrogen and oxygen atoms in total. The number of hydrogen-bond donors (Lipinski definition) is 2. The molecule has 0 atom stereocenters. The minimum atomic E-state index is 0.500. The third-order valence-corrected chi connectivity index (χ3v) is 5.04. The molecule has 0 saturated carbocycles. The minimum Gasteiger partial charge on any atom is -0.383 e. The molecule has 0 radical (unpaired) electrons. The van der Waals surface area contributed by atoms with Gasteiger partial charge in [0.2, 0.25) is 5.95 Å². The van der Waals surface area contributed by atoms with E-state index in [0.717, 1.165) is 27.8 Å². The van der Waals surface area contributed by atoms with Crippen molar-refractivity contribution >= 4 is 22.8 Å². The van der Waals surface area contributed by atoms with E-state index >= 15 is 0 Å². The van der Waals surface area contributed by atoms with Crippen LogP contribution in [0.15, 0.2) is 85.2 Å². The van der Waals surface area contributed by atoms with E-state index in [1.165, 1.54) is 0 Å². The molecule has 3 heterocycles. The maximum atomic E-state index is 6.53. The average molecular weight is 407 g/mol. The number of aromatic nitrogens is 5. The van der Waals surface area contributed by atoms with Crippen LogP contribution in [-0.2, 0) is 13.1 Å². The van der Waals surface area contributed by atoms with Crippen LogP contribution in [0, 0.1) is 0 Å². The largest absolute Gasteiger partial charge is 0.383 e. The summed E-state index contributed by atoms with van der Waals surface area (Å²) in [6.07, 6.45) is 3.57. The highest BCUT2D eigenvalue weighted by atomic mass is 15.3. The Bertz CT molecular complexity index is 1300. The van der Waals surface area contributed by atoms with E-state index in [-0.39, 0.29) is 0 Å². The van der Waals surface area contributed by atoms with Gasteiger partial charge in [0.15, 0.2) is 5.65 Å². The Morgan fingerprint density at radius 3 is 2.32 bits per heavy atom. The number of hydrogen-bond acceptors (Lipinski definition) is 6. The lowest BCUT2D eigenvalue weighted by Crippen LogP contribution is -2.05. The summed E-state index contributed by atoms with van der Waals surface area (Å²) in [6.45, 7) is 1.13. The Morgan fingerprint density at radius 1 is 0.839 bits per heavy atom. The molecule has 152 valence electrons. The van der Waals surface area contributed by atoms with Crippen molar-refractivity contribution in [1.82, 2.24) is 24.7 Å². The van der Waals surface area contributed by atoms with Gasteiger partial charge < -0.3 is 11.1 Å². The predicted octanol–water partition coefficient (Wildman–Crippen LogP) is 4.13. The van der Waals surface area contributed by atoms with Crippen LogP contribution in [0.5, 0.6) is 0 Å². The zero-order valence-corrected chi connectivity index (χ0v) is 16.8. The smallest absolute Gasteiger partial charge is 0.225 e. The van der Waals surface area contributed by atoms with Gasteiger partial charge in [0.25, 0.3) is 0 Å². The average Bonchev–Trinajstić information content (AvgIpc) is 3.14. The molecule has 7 heteroatoms. The summed E-state index contributed by atoms with van der Waals surface area (Å²) in [4.78, 5) is 13.6. The second kappa shape index (κ2) is 8.23. The molecule has 0 aliphatic carbocycles. The van der Waals surface area contributed by atoms with Gasteiger partial charge in [-0.15, -0.1) is 5.10 Å². The second-order valence-electron chi connectivity index (χ2n) is 7.20. The Kier molecular flexibility index (Phi) is 4.98. The predicted molar refractivity (Wildman–Crippen MR) is 122 cm³/mol. The van der Waals surface area contributed by atoms with Gasteiger partial charge in [0.1, 0.15) is 5.82 Å². The maximum Gasteiger partial charge on any atom is 0.225 e. The first-order valence-corrected chi connectivity index (χ1v) is 10.0. The summed E-state index contributed by atoms with van der Waals surface area (Å²) in [7, 11) is 0. The molecule has 3 N–H and O–H groups in total. The lowest BCUT2D eigenvalue weighted by Gasteiger charge is -2.08. The normalized spacial score (nSPS) is 11.0. The first-order chi connectivity index (χ1) is 15.3. The number of anilines is 2. The Labute approximate surface area is 179 Å². The third-order valence-electron chi connectivity index (χ3n) is 5.04. The summed E-state index contributed by atoms with van der Waals surface area (Å²) in [5.74, 6) is 1.05. The molecular weight excluding hydrogens is 386 g/mol. The van der Waals surface area contributed by atoms with Crippen molar-refractivity contribution in [2.75, 3.05) is 11.1 Å². The highest BCUT2D eigenvalue weighted by Gasteiger charge is 2.18. The summed E-state index contributed by atoms with van der Waals surface area (Å²) in [5.41, 5.74) is 11.0. The number of pyridine rings is 1. The molecule has 0 spiro atoms. The number of nitrogen functional groups attached to an aromatic ring is 1. The highest BCUT2D eigenvalue weighted by Crippen LogP contribution is 2.31. The summed E-state index contributed by atoms with van der Waals surface area (Å²) >= 11 is 0. The van der Waals surface area contributed by atoms with Crippen LogP contribution in [0.4, 0.5) is 11.8 Å². The fourth-order valence-corrected chi connectivity index (χ4v) is 3.50. The van der Waals surface area contributed by atoms with Crippen LogP contribution in [0.1, 0.15) is 11.1 Å². The zero-order valence-electron chi connectivity index (χ0n) is 16.8. The molecule has 2 aromatic carbocycles. The molecule has 0 saturated heterocycles. The lowest BCUT2D eigenvalue weighted by atomic mass is 10.1. The van der Waals surface area contributed by atoms with Gasteiger partial charge in [-0.1, -0.05) is 66.7 Å². The summed E-state index contributed by atoms with van der Waals surface area (Å²) < 4.78 is 1.78. The first kappa shape index (κ1) is 18.7. The number of nitrogens with two attached hydrogens (primary N) is 1. The van der Waals surface area contributed by atoms with Crippen LogP contribution >= 0.6 is 0 Å². The lowest BCUT2D eigenvalue weighted by molar-refractivity contribution is 0.703. The fourth-order valence-electron chi connectivity index (χ4n) is 3.50. The van der Waals surface area contributed by atoms with E-state index in [1.54, 1.807) is 10.9 Å². The highest BCUT2D eigenvalue weighted by molar-refractivity contribution is 5.98. The van der Waals surface area contributed by atoms with Crippen molar-refractivity contribution in [3.8, 4) is 11.3 Å². The molecule has 0 bridgehead atoms. The van der Waals surface area contributed by atoms with E-state index in [1.807, 2.05) is 66.9 Å². The second-order valence-corrected chi connectivity index (χ2v) is 7.20. The molecule has 0 aliphatic heterocycles. The van der Waals surface area contributed by atoms with Crippen LogP contribution < -0.4 is 11.1 Å². The van der Waals surface area contributed by atoms with Crippen LogP contribution in [0.3, 0.4) is 0 Å². The number of nitrogens with one attached hydrogen (secondary N) is 1. The number of benzene rings is 2. The van der Waals surface area contributed by atoms with E-state index in [2.05, 4.69) is 27.4 Å². The van der Waals surface area contributed by atoms with Crippen LogP contribution in [0.2, 0.25) is 0 Å².